The predicted octanol–water partition coefficient (Wildman–Crippen LogP) is 4.85. The maximum Gasteiger partial charge on any atom is 0.335 e. The molecule has 1 aromatic heterocycles. The number of aromatic carboxylic acids is 1. The maximum atomic E-state index is 10.9. The number of anilines is 4. The van der Waals surface area contributed by atoms with Gasteiger partial charge in [0.15, 0.2) is 0 Å². The molecule has 0 aliphatic heterocycles. The van der Waals surface area contributed by atoms with Crippen LogP contribution in [0.1, 0.15) is 10.4 Å². The van der Waals surface area contributed by atoms with Crippen molar-refractivity contribution in [1.82, 2.24) is 9.97 Å². The van der Waals surface area contributed by atoms with E-state index in [1.807, 2.05) is 24.3 Å². The summed E-state index contributed by atoms with van der Waals surface area (Å²) in [5.74, 6) is 0.772. The van der Waals surface area contributed by atoms with Crippen LogP contribution in [0.4, 0.5) is 23.1 Å². The van der Waals surface area contributed by atoms with Gasteiger partial charge in [0, 0.05) is 17.6 Å². The average Bonchev–Trinajstić information content (AvgIpc) is 2.65. The Labute approximate surface area is 170 Å². The van der Waals surface area contributed by atoms with Gasteiger partial charge in [-0.2, -0.15) is 4.98 Å². The van der Waals surface area contributed by atoms with Gasteiger partial charge in [-0.3, -0.25) is 0 Å². The van der Waals surface area contributed by atoms with Crippen LogP contribution in [-0.2, 0) is 0 Å². The highest BCUT2D eigenvalue weighted by Gasteiger charge is 2.07. The van der Waals surface area contributed by atoms with Gasteiger partial charge >= 0.3 is 5.97 Å². The van der Waals surface area contributed by atoms with Gasteiger partial charge in [-0.1, -0.05) is 0 Å². The summed E-state index contributed by atoms with van der Waals surface area (Å²) in [6.45, 7) is 0. The van der Waals surface area contributed by atoms with Crippen molar-refractivity contribution in [2.45, 2.75) is 0 Å². The van der Waals surface area contributed by atoms with Gasteiger partial charge in [-0.25, -0.2) is 9.78 Å². The molecule has 3 aromatic rings. The number of benzene rings is 2. The third kappa shape index (κ3) is 5.32. The molecule has 2 aromatic carbocycles. The van der Waals surface area contributed by atoms with Crippen LogP contribution in [0.15, 0.2) is 59.2 Å². The van der Waals surface area contributed by atoms with Gasteiger partial charge in [0.25, 0.3) is 0 Å². The number of carbonyl (C=O) groups is 1. The minimum Gasteiger partial charge on any atom is -0.497 e. The van der Waals surface area contributed by atoms with Crippen molar-refractivity contribution in [3.8, 4) is 5.75 Å². The second kappa shape index (κ2) is 9.20. The topological polar surface area (TPSA) is 96.4 Å². The summed E-state index contributed by atoms with van der Waals surface area (Å²) in [6.07, 6.45) is 1.63. The average molecular weight is 452 g/mol. The van der Waals surface area contributed by atoms with Crippen LogP contribution in [0.25, 0.3) is 0 Å². The molecule has 7 nitrogen and oxygen atoms in total. The number of hydrogen-bond acceptors (Lipinski definition) is 6. The van der Waals surface area contributed by atoms with Crippen LogP contribution >= 0.6 is 28.3 Å². The number of nitrogens with zero attached hydrogens (tertiary/aromatic N) is 2. The van der Waals surface area contributed by atoms with Crippen molar-refractivity contribution in [3.63, 3.8) is 0 Å². The number of halogens is 2. The number of methoxy groups -OCH3 is 1. The van der Waals surface area contributed by atoms with Crippen LogP contribution < -0.4 is 15.4 Å². The SMILES string of the molecule is COc1ccc(Nc2nc(Nc3ccc(C(=O)O)cc3)ncc2Br)cc1.Cl. The van der Waals surface area contributed by atoms with E-state index in [0.29, 0.717) is 21.9 Å². The first-order valence-electron chi connectivity index (χ1n) is 7.59. The quantitative estimate of drug-likeness (QED) is 0.493. The minimum atomic E-state index is -0.970. The fourth-order valence-corrected chi connectivity index (χ4v) is 2.44. The lowest BCUT2D eigenvalue weighted by molar-refractivity contribution is 0.0697. The predicted molar refractivity (Wildman–Crippen MR) is 110 cm³/mol. The molecule has 1 heterocycles. The molecule has 0 radical (unpaired) electrons. The second-order valence-corrected chi connectivity index (χ2v) is 6.11. The lowest BCUT2D eigenvalue weighted by Crippen LogP contribution is -2.02. The summed E-state index contributed by atoms with van der Waals surface area (Å²) in [6, 6.07) is 13.8. The van der Waals surface area contributed by atoms with E-state index < -0.39 is 5.97 Å². The maximum absolute atomic E-state index is 10.9. The van der Waals surface area contributed by atoms with Gasteiger partial charge in [-0.05, 0) is 64.5 Å². The summed E-state index contributed by atoms with van der Waals surface area (Å²) in [7, 11) is 1.62. The van der Waals surface area contributed by atoms with Crippen molar-refractivity contribution in [2.24, 2.45) is 0 Å². The van der Waals surface area contributed by atoms with E-state index in [9.17, 15) is 4.79 Å². The first kappa shape index (κ1) is 20.5. The van der Waals surface area contributed by atoms with Crippen LogP contribution in [0, 0.1) is 0 Å². The molecule has 0 aliphatic rings. The smallest absolute Gasteiger partial charge is 0.335 e. The number of hydrogen-bond donors (Lipinski definition) is 3. The first-order valence-corrected chi connectivity index (χ1v) is 8.38. The molecular formula is C18H16BrClN4O3. The number of ether oxygens (including phenoxy) is 1. The number of nitrogens with one attached hydrogen (secondary N) is 2. The van der Waals surface area contributed by atoms with Gasteiger partial charge in [0.1, 0.15) is 11.6 Å². The second-order valence-electron chi connectivity index (χ2n) is 5.25. The lowest BCUT2D eigenvalue weighted by atomic mass is 10.2. The molecule has 3 rings (SSSR count). The number of carboxylic acids is 1. The summed E-state index contributed by atoms with van der Waals surface area (Å²) in [5.41, 5.74) is 1.75. The van der Waals surface area contributed by atoms with Crippen molar-refractivity contribution < 1.29 is 14.6 Å². The fourth-order valence-electron chi connectivity index (χ4n) is 2.15. The monoisotopic (exact) mass is 450 g/mol. The highest BCUT2D eigenvalue weighted by Crippen LogP contribution is 2.26. The number of carboxylic acid groups (broad SMARTS) is 1. The molecule has 0 atom stereocenters. The molecule has 0 bridgehead atoms. The van der Waals surface area contributed by atoms with Crippen molar-refractivity contribution >= 4 is 57.4 Å². The molecule has 0 spiro atoms. The van der Waals surface area contributed by atoms with Crippen LogP contribution in [-0.4, -0.2) is 28.2 Å². The zero-order valence-electron chi connectivity index (χ0n) is 14.1. The van der Waals surface area contributed by atoms with E-state index in [0.717, 1.165) is 11.4 Å². The van der Waals surface area contributed by atoms with Gasteiger partial charge in [0.2, 0.25) is 5.95 Å². The molecule has 140 valence electrons. The van der Waals surface area contributed by atoms with Gasteiger partial charge in [0.05, 0.1) is 17.1 Å². The fraction of sp³-hybridized carbons (Fsp3) is 0.0556. The van der Waals surface area contributed by atoms with E-state index in [-0.39, 0.29) is 18.0 Å². The van der Waals surface area contributed by atoms with E-state index in [1.54, 1.807) is 25.4 Å². The molecule has 27 heavy (non-hydrogen) atoms. The minimum absolute atomic E-state index is 0. The largest absolute Gasteiger partial charge is 0.497 e. The molecule has 3 N–H and O–H groups in total. The van der Waals surface area contributed by atoms with E-state index in [4.69, 9.17) is 9.84 Å². The molecule has 0 amide bonds. The third-order valence-electron chi connectivity index (χ3n) is 3.48. The number of rotatable bonds is 6. The molecule has 0 unspecified atom stereocenters. The zero-order valence-corrected chi connectivity index (χ0v) is 16.5. The third-order valence-corrected chi connectivity index (χ3v) is 4.07. The standard InChI is InChI=1S/C18H15BrN4O3.ClH/c1-26-14-8-6-12(7-9-14)21-16-15(19)10-20-18(23-16)22-13-4-2-11(3-5-13)17(24)25;/h2-10H,1H3,(H,24,25)(H2,20,21,22,23);1H. The van der Waals surface area contributed by atoms with E-state index >= 15 is 0 Å². The van der Waals surface area contributed by atoms with E-state index in [2.05, 4.69) is 36.5 Å². The molecule has 0 fully saturated rings. The molecule has 0 aliphatic carbocycles. The van der Waals surface area contributed by atoms with E-state index in [1.165, 1.54) is 12.1 Å². The normalized spacial score (nSPS) is 9.85. The van der Waals surface area contributed by atoms with Crippen molar-refractivity contribution in [1.29, 1.82) is 0 Å². The Kier molecular flexibility index (Phi) is 6.98. The Morgan fingerprint density at radius 1 is 1.04 bits per heavy atom. The molecule has 0 saturated heterocycles. The van der Waals surface area contributed by atoms with Crippen LogP contribution in [0.5, 0.6) is 5.75 Å². The highest BCUT2D eigenvalue weighted by molar-refractivity contribution is 9.10. The lowest BCUT2D eigenvalue weighted by Gasteiger charge is -2.11. The zero-order chi connectivity index (χ0) is 18.5. The van der Waals surface area contributed by atoms with Crippen LogP contribution in [0.3, 0.4) is 0 Å². The Hall–Kier alpha value is -2.84. The Balaban J connectivity index is 0.00000261. The molecule has 0 saturated carbocycles. The Bertz CT molecular complexity index is 921. The summed E-state index contributed by atoms with van der Waals surface area (Å²) < 4.78 is 5.85. The summed E-state index contributed by atoms with van der Waals surface area (Å²) >= 11 is 3.42. The van der Waals surface area contributed by atoms with Crippen LogP contribution in [0.2, 0.25) is 0 Å². The van der Waals surface area contributed by atoms with Crippen molar-refractivity contribution in [2.75, 3.05) is 17.7 Å². The summed E-state index contributed by atoms with van der Waals surface area (Å²) in [5, 5.41) is 15.2. The van der Waals surface area contributed by atoms with Gasteiger partial charge < -0.3 is 20.5 Å². The summed E-state index contributed by atoms with van der Waals surface area (Å²) in [4.78, 5) is 19.6. The number of aromatic nitrogens is 2. The molecular weight excluding hydrogens is 436 g/mol. The van der Waals surface area contributed by atoms with Gasteiger partial charge in [-0.15, -0.1) is 12.4 Å². The Morgan fingerprint density at radius 3 is 2.22 bits per heavy atom. The Morgan fingerprint density at radius 2 is 1.63 bits per heavy atom. The first-order chi connectivity index (χ1) is 12.5. The molecule has 9 heteroatoms. The highest BCUT2D eigenvalue weighted by atomic mass is 79.9. The van der Waals surface area contributed by atoms with Crippen molar-refractivity contribution in [3.05, 3.63) is 64.8 Å².